The minimum Gasteiger partial charge on any atom is -0.387 e. The highest BCUT2D eigenvalue weighted by Gasteiger charge is 2.24. The van der Waals surface area contributed by atoms with Gasteiger partial charge in [-0.25, -0.2) is 0 Å². The minimum absolute atomic E-state index is 0.351. The van der Waals surface area contributed by atoms with Gasteiger partial charge in [0.1, 0.15) is 0 Å². The second kappa shape index (κ2) is 5.98. The van der Waals surface area contributed by atoms with E-state index in [2.05, 4.69) is 19.2 Å². The third-order valence-corrected chi connectivity index (χ3v) is 4.83. The molecular weight excluding hydrogens is 230 g/mol. The molecule has 96 valence electrons. The van der Waals surface area contributed by atoms with Crippen molar-refractivity contribution in [3.63, 3.8) is 0 Å². The molecule has 0 spiro atoms. The highest BCUT2D eigenvalue weighted by atomic mass is 32.1. The van der Waals surface area contributed by atoms with Crippen LogP contribution in [0.1, 0.15) is 44.8 Å². The fourth-order valence-corrected chi connectivity index (χ4v) is 3.30. The molecule has 1 fully saturated rings. The lowest BCUT2D eigenvalue weighted by molar-refractivity contribution is 0.154. The fourth-order valence-electron chi connectivity index (χ4n) is 2.59. The van der Waals surface area contributed by atoms with Crippen LogP contribution in [-0.2, 0) is 0 Å². The Morgan fingerprint density at radius 1 is 1.41 bits per heavy atom. The Hall–Kier alpha value is -0.380. The molecule has 0 aromatic carbocycles. The van der Waals surface area contributed by atoms with Crippen LogP contribution in [0, 0.1) is 11.8 Å². The van der Waals surface area contributed by atoms with E-state index in [1.54, 1.807) is 11.3 Å². The molecule has 0 radical (unpaired) electrons. The molecule has 1 aliphatic rings. The molecule has 1 aromatic heterocycles. The van der Waals surface area contributed by atoms with Crippen molar-refractivity contribution >= 4 is 11.3 Å². The van der Waals surface area contributed by atoms with E-state index in [4.69, 9.17) is 0 Å². The summed E-state index contributed by atoms with van der Waals surface area (Å²) in [7, 11) is 0. The van der Waals surface area contributed by atoms with Crippen LogP contribution in [0.15, 0.2) is 16.8 Å². The SMILES string of the molecule is CC1CCC(NCC(O)c2ccsc2)CC1C. The summed E-state index contributed by atoms with van der Waals surface area (Å²) in [5, 5.41) is 17.6. The van der Waals surface area contributed by atoms with Crippen LogP contribution in [0.2, 0.25) is 0 Å². The van der Waals surface area contributed by atoms with E-state index < -0.39 is 0 Å². The Bertz CT molecular complexity index is 325. The van der Waals surface area contributed by atoms with Gasteiger partial charge >= 0.3 is 0 Å². The van der Waals surface area contributed by atoms with Crippen LogP contribution < -0.4 is 5.32 Å². The summed E-state index contributed by atoms with van der Waals surface area (Å²) in [6.45, 7) is 5.37. The van der Waals surface area contributed by atoms with Crippen LogP contribution in [0.5, 0.6) is 0 Å². The Morgan fingerprint density at radius 3 is 2.88 bits per heavy atom. The Labute approximate surface area is 108 Å². The van der Waals surface area contributed by atoms with Gasteiger partial charge in [-0.2, -0.15) is 11.3 Å². The van der Waals surface area contributed by atoms with E-state index in [1.165, 1.54) is 19.3 Å². The Kier molecular flexibility index (Phi) is 4.60. The largest absolute Gasteiger partial charge is 0.387 e. The second-order valence-corrected chi connectivity index (χ2v) is 6.23. The number of nitrogens with one attached hydrogen (secondary N) is 1. The molecule has 17 heavy (non-hydrogen) atoms. The van der Waals surface area contributed by atoms with Crippen molar-refractivity contribution in [2.75, 3.05) is 6.54 Å². The number of aliphatic hydroxyl groups excluding tert-OH is 1. The molecule has 2 nitrogen and oxygen atoms in total. The summed E-state index contributed by atoms with van der Waals surface area (Å²) >= 11 is 1.64. The molecule has 1 saturated carbocycles. The van der Waals surface area contributed by atoms with Gasteiger partial charge in [0, 0.05) is 12.6 Å². The lowest BCUT2D eigenvalue weighted by atomic mass is 9.79. The van der Waals surface area contributed by atoms with Crippen LogP contribution >= 0.6 is 11.3 Å². The van der Waals surface area contributed by atoms with Crippen molar-refractivity contribution in [1.82, 2.24) is 5.32 Å². The van der Waals surface area contributed by atoms with E-state index in [0.717, 1.165) is 17.4 Å². The first-order chi connectivity index (χ1) is 8.16. The summed E-state index contributed by atoms with van der Waals surface area (Å²) in [4.78, 5) is 0. The van der Waals surface area contributed by atoms with Crippen LogP contribution in [0.4, 0.5) is 0 Å². The van der Waals surface area contributed by atoms with E-state index in [-0.39, 0.29) is 6.10 Å². The van der Waals surface area contributed by atoms with Gasteiger partial charge in [0.25, 0.3) is 0 Å². The summed E-state index contributed by atoms with van der Waals surface area (Å²) in [6, 6.07) is 2.59. The maximum atomic E-state index is 10.0. The van der Waals surface area contributed by atoms with E-state index >= 15 is 0 Å². The van der Waals surface area contributed by atoms with Crippen molar-refractivity contribution in [3.8, 4) is 0 Å². The number of hydrogen-bond acceptors (Lipinski definition) is 3. The molecule has 0 amide bonds. The maximum absolute atomic E-state index is 10.0. The summed E-state index contributed by atoms with van der Waals surface area (Å²) in [6.07, 6.45) is 3.46. The first-order valence-electron chi connectivity index (χ1n) is 6.60. The average Bonchev–Trinajstić information content (AvgIpc) is 2.84. The topological polar surface area (TPSA) is 32.3 Å². The number of hydrogen-bond donors (Lipinski definition) is 2. The maximum Gasteiger partial charge on any atom is 0.0922 e. The molecule has 2 N–H and O–H groups in total. The predicted molar refractivity (Wildman–Crippen MR) is 73.2 cm³/mol. The van der Waals surface area contributed by atoms with Crippen LogP contribution in [-0.4, -0.2) is 17.7 Å². The zero-order chi connectivity index (χ0) is 12.3. The molecule has 1 heterocycles. The van der Waals surface area contributed by atoms with Crippen LogP contribution in [0.25, 0.3) is 0 Å². The van der Waals surface area contributed by atoms with Crippen molar-refractivity contribution in [1.29, 1.82) is 0 Å². The second-order valence-electron chi connectivity index (χ2n) is 5.45. The molecule has 1 aromatic rings. The highest BCUT2D eigenvalue weighted by Crippen LogP contribution is 2.29. The van der Waals surface area contributed by atoms with E-state index in [1.807, 2.05) is 16.8 Å². The van der Waals surface area contributed by atoms with Gasteiger partial charge < -0.3 is 10.4 Å². The van der Waals surface area contributed by atoms with E-state index in [9.17, 15) is 5.11 Å². The lowest BCUT2D eigenvalue weighted by Crippen LogP contribution is -2.38. The molecule has 3 heteroatoms. The van der Waals surface area contributed by atoms with E-state index in [0.29, 0.717) is 12.6 Å². The van der Waals surface area contributed by atoms with Crippen molar-refractivity contribution < 1.29 is 5.11 Å². The minimum atomic E-state index is -0.351. The normalized spacial score (nSPS) is 31.4. The van der Waals surface area contributed by atoms with Gasteiger partial charge in [-0.1, -0.05) is 13.8 Å². The first kappa shape index (κ1) is 13.1. The van der Waals surface area contributed by atoms with Crippen LogP contribution in [0.3, 0.4) is 0 Å². The van der Waals surface area contributed by atoms with Gasteiger partial charge in [-0.3, -0.25) is 0 Å². The fraction of sp³-hybridized carbons (Fsp3) is 0.714. The van der Waals surface area contributed by atoms with Crippen molar-refractivity contribution in [2.45, 2.75) is 45.3 Å². The zero-order valence-corrected chi connectivity index (χ0v) is 11.5. The summed E-state index contributed by atoms with van der Waals surface area (Å²) < 4.78 is 0. The Balaban J connectivity index is 1.75. The first-order valence-corrected chi connectivity index (χ1v) is 7.54. The molecule has 4 unspecified atom stereocenters. The zero-order valence-electron chi connectivity index (χ0n) is 10.7. The number of rotatable bonds is 4. The predicted octanol–water partition coefficient (Wildman–Crippen LogP) is 3.20. The smallest absolute Gasteiger partial charge is 0.0922 e. The third kappa shape index (κ3) is 3.54. The quantitative estimate of drug-likeness (QED) is 0.863. The van der Waals surface area contributed by atoms with Gasteiger partial charge in [0.05, 0.1) is 6.10 Å². The average molecular weight is 253 g/mol. The molecule has 1 aliphatic carbocycles. The van der Waals surface area contributed by atoms with Crippen molar-refractivity contribution in [3.05, 3.63) is 22.4 Å². The summed E-state index contributed by atoms with van der Waals surface area (Å²) in [5.41, 5.74) is 1.04. The lowest BCUT2D eigenvalue weighted by Gasteiger charge is -2.33. The molecule has 2 rings (SSSR count). The molecule has 4 atom stereocenters. The summed E-state index contributed by atoms with van der Waals surface area (Å²) in [5.74, 6) is 1.66. The monoisotopic (exact) mass is 253 g/mol. The molecule has 0 bridgehead atoms. The molecule has 0 aliphatic heterocycles. The van der Waals surface area contributed by atoms with Gasteiger partial charge in [-0.15, -0.1) is 0 Å². The van der Waals surface area contributed by atoms with Gasteiger partial charge in [-0.05, 0) is 53.5 Å². The number of thiophene rings is 1. The van der Waals surface area contributed by atoms with Crippen molar-refractivity contribution in [2.24, 2.45) is 11.8 Å². The number of aliphatic hydroxyl groups is 1. The third-order valence-electron chi connectivity index (χ3n) is 4.13. The molecule has 0 saturated heterocycles. The Morgan fingerprint density at radius 2 is 2.24 bits per heavy atom. The standard InChI is InChI=1S/C14H23NOS/c1-10-3-4-13(7-11(10)2)15-8-14(16)12-5-6-17-9-12/h5-6,9-11,13-16H,3-4,7-8H2,1-2H3. The van der Waals surface area contributed by atoms with Gasteiger partial charge in [0.15, 0.2) is 0 Å². The van der Waals surface area contributed by atoms with Gasteiger partial charge in [0.2, 0.25) is 0 Å². The molecular formula is C14H23NOS. The highest BCUT2D eigenvalue weighted by molar-refractivity contribution is 7.07.